The second-order valence-electron chi connectivity index (χ2n) is 4.10. The molecular formula is C13H17ClO. The fraction of sp³-hybridized carbons (Fsp3) is 0.462. The third kappa shape index (κ3) is 4.48. The minimum absolute atomic E-state index is 0.242. The van der Waals surface area contributed by atoms with Gasteiger partial charge in [-0.1, -0.05) is 38.1 Å². The van der Waals surface area contributed by atoms with Crippen molar-refractivity contribution in [2.75, 3.05) is 0 Å². The molecule has 0 amide bonds. The largest absolute Gasteiger partial charge is 0.281 e. The van der Waals surface area contributed by atoms with Gasteiger partial charge < -0.3 is 0 Å². The van der Waals surface area contributed by atoms with Crippen LogP contribution in [0.25, 0.3) is 0 Å². The molecule has 0 N–H and O–H groups in total. The fourth-order valence-corrected chi connectivity index (χ4v) is 1.63. The molecule has 0 saturated carbocycles. The molecule has 82 valence electrons. The first-order valence-corrected chi connectivity index (χ1v) is 5.74. The third-order valence-corrected chi connectivity index (χ3v) is 2.67. The molecule has 0 aliphatic carbocycles. The highest BCUT2D eigenvalue weighted by Gasteiger charge is 2.00. The van der Waals surface area contributed by atoms with Crippen molar-refractivity contribution in [3.63, 3.8) is 0 Å². The van der Waals surface area contributed by atoms with Gasteiger partial charge in [-0.25, -0.2) is 0 Å². The Hall–Kier alpha value is -0.820. The number of carbonyl (C=O) groups excluding carboxylic acids is 1. The van der Waals surface area contributed by atoms with Gasteiger partial charge in [-0.05, 0) is 41.5 Å². The number of aryl methyl sites for hydroxylation is 1. The molecule has 2 heteroatoms. The summed E-state index contributed by atoms with van der Waals surface area (Å²) in [5.74, 6) is 0.573. The van der Waals surface area contributed by atoms with Crippen molar-refractivity contribution in [1.29, 1.82) is 0 Å². The van der Waals surface area contributed by atoms with E-state index in [-0.39, 0.29) is 5.24 Å². The number of benzene rings is 1. The van der Waals surface area contributed by atoms with Crippen LogP contribution in [0.15, 0.2) is 24.3 Å². The molecule has 0 radical (unpaired) electrons. The Morgan fingerprint density at radius 1 is 1.27 bits per heavy atom. The van der Waals surface area contributed by atoms with E-state index in [0.29, 0.717) is 12.3 Å². The Balaban J connectivity index is 2.46. The molecule has 1 rings (SSSR count). The van der Waals surface area contributed by atoms with Crippen LogP contribution in [-0.2, 0) is 11.2 Å². The van der Waals surface area contributed by atoms with Gasteiger partial charge in [-0.2, -0.15) is 0 Å². The van der Waals surface area contributed by atoms with Crippen LogP contribution in [0, 0.1) is 0 Å². The van der Waals surface area contributed by atoms with Crippen LogP contribution in [0.3, 0.4) is 0 Å². The summed E-state index contributed by atoms with van der Waals surface area (Å²) in [6.45, 7) is 4.36. The van der Waals surface area contributed by atoms with Gasteiger partial charge >= 0.3 is 0 Å². The highest BCUT2D eigenvalue weighted by Crippen LogP contribution is 2.15. The van der Waals surface area contributed by atoms with E-state index in [4.69, 9.17) is 11.6 Å². The van der Waals surface area contributed by atoms with Gasteiger partial charge in [-0.15, -0.1) is 0 Å². The van der Waals surface area contributed by atoms with Crippen LogP contribution < -0.4 is 0 Å². The summed E-state index contributed by atoms with van der Waals surface area (Å²) in [6.07, 6.45) is 2.23. The molecule has 1 nitrogen and oxygen atoms in total. The summed E-state index contributed by atoms with van der Waals surface area (Å²) in [7, 11) is 0. The molecule has 0 spiro atoms. The van der Waals surface area contributed by atoms with Gasteiger partial charge in [0.2, 0.25) is 5.24 Å². The number of hydrogen-bond donors (Lipinski definition) is 0. The molecule has 1 aromatic rings. The zero-order valence-corrected chi connectivity index (χ0v) is 10.1. The van der Waals surface area contributed by atoms with Crippen LogP contribution in [0.1, 0.15) is 43.7 Å². The lowest BCUT2D eigenvalue weighted by atomic mass is 10.00. The molecule has 0 aliphatic heterocycles. The predicted octanol–water partition coefficient (Wildman–Crippen LogP) is 3.90. The summed E-state index contributed by atoms with van der Waals surface area (Å²) in [5, 5.41) is -0.242. The number of rotatable bonds is 5. The minimum atomic E-state index is -0.242. The van der Waals surface area contributed by atoms with E-state index in [1.54, 1.807) is 0 Å². The summed E-state index contributed by atoms with van der Waals surface area (Å²) < 4.78 is 0. The zero-order valence-electron chi connectivity index (χ0n) is 9.29. The monoisotopic (exact) mass is 224 g/mol. The number of carbonyl (C=O) groups is 1. The summed E-state index contributed by atoms with van der Waals surface area (Å²) in [6, 6.07) is 8.58. The lowest BCUT2D eigenvalue weighted by molar-refractivity contribution is -0.111. The van der Waals surface area contributed by atoms with E-state index in [1.165, 1.54) is 11.1 Å². The standard InChI is InChI=1S/C13H17ClO/c1-10(2)12-8-6-11(7-9-12)4-3-5-13(14)15/h6-10H,3-5H2,1-2H3. The predicted molar refractivity (Wildman–Crippen MR) is 64.3 cm³/mol. The molecule has 0 saturated heterocycles. The van der Waals surface area contributed by atoms with E-state index in [0.717, 1.165) is 12.8 Å². The normalized spacial score (nSPS) is 10.7. The average Bonchev–Trinajstić information content (AvgIpc) is 2.18. The minimum Gasteiger partial charge on any atom is -0.281 e. The van der Waals surface area contributed by atoms with Crippen molar-refractivity contribution in [2.45, 2.75) is 39.0 Å². The van der Waals surface area contributed by atoms with E-state index < -0.39 is 0 Å². The Morgan fingerprint density at radius 2 is 1.87 bits per heavy atom. The first kappa shape index (κ1) is 12.3. The molecule has 0 atom stereocenters. The second kappa shape index (κ2) is 5.92. The molecule has 15 heavy (non-hydrogen) atoms. The Bertz CT molecular complexity index is 314. The van der Waals surface area contributed by atoms with Crippen LogP contribution in [-0.4, -0.2) is 5.24 Å². The first-order valence-electron chi connectivity index (χ1n) is 5.36. The molecule has 0 bridgehead atoms. The second-order valence-corrected chi connectivity index (χ2v) is 4.53. The highest BCUT2D eigenvalue weighted by molar-refractivity contribution is 6.63. The molecule has 0 heterocycles. The van der Waals surface area contributed by atoms with Gasteiger partial charge in [0.15, 0.2) is 0 Å². The maximum Gasteiger partial charge on any atom is 0.221 e. The Labute approximate surface area is 96.5 Å². The molecular weight excluding hydrogens is 208 g/mol. The third-order valence-electron chi connectivity index (χ3n) is 2.49. The molecule has 0 aliphatic rings. The Morgan fingerprint density at radius 3 is 2.33 bits per heavy atom. The van der Waals surface area contributed by atoms with Crippen molar-refractivity contribution >= 4 is 16.8 Å². The van der Waals surface area contributed by atoms with Gasteiger partial charge in [0, 0.05) is 6.42 Å². The van der Waals surface area contributed by atoms with Gasteiger partial charge in [0.1, 0.15) is 0 Å². The van der Waals surface area contributed by atoms with Crippen LogP contribution >= 0.6 is 11.6 Å². The lowest BCUT2D eigenvalue weighted by Crippen LogP contribution is -1.92. The van der Waals surface area contributed by atoms with Crippen molar-refractivity contribution in [1.82, 2.24) is 0 Å². The fourth-order valence-electron chi connectivity index (χ4n) is 1.50. The van der Waals surface area contributed by atoms with Crippen LogP contribution in [0.4, 0.5) is 0 Å². The summed E-state index contributed by atoms with van der Waals surface area (Å²) >= 11 is 5.27. The number of hydrogen-bond acceptors (Lipinski definition) is 1. The first-order chi connectivity index (χ1) is 7.09. The Kier molecular flexibility index (Phi) is 4.83. The quantitative estimate of drug-likeness (QED) is 0.694. The highest BCUT2D eigenvalue weighted by atomic mass is 35.5. The number of halogens is 1. The topological polar surface area (TPSA) is 17.1 Å². The summed E-state index contributed by atoms with van der Waals surface area (Å²) in [4.78, 5) is 10.5. The SMILES string of the molecule is CC(C)c1ccc(CCCC(=O)Cl)cc1. The van der Waals surface area contributed by atoms with Gasteiger partial charge in [0.25, 0.3) is 0 Å². The average molecular weight is 225 g/mol. The maximum absolute atomic E-state index is 10.5. The van der Waals surface area contributed by atoms with Gasteiger partial charge in [0.05, 0.1) is 0 Å². The van der Waals surface area contributed by atoms with Crippen LogP contribution in [0.2, 0.25) is 0 Å². The zero-order chi connectivity index (χ0) is 11.3. The van der Waals surface area contributed by atoms with E-state index in [9.17, 15) is 4.79 Å². The summed E-state index contributed by atoms with van der Waals surface area (Å²) in [5.41, 5.74) is 2.63. The van der Waals surface area contributed by atoms with Crippen molar-refractivity contribution < 1.29 is 4.79 Å². The lowest BCUT2D eigenvalue weighted by Gasteiger charge is -2.06. The molecule has 0 fully saturated rings. The smallest absolute Gasteiger partial charge is 0.221 e. The molecule has 1 aromatic carbocycles. The van der Waals surface area contributed by atoms with Crippen molar-refractivity contribution in [3.05, 3.63) is 35.4 Å². The maximum atomic E-state index is 10.5. The van der Waals surface area contributed by atoms with Gasteiger partial charge in [-0.3, -0.25) is 4.79 Å². The van der Waals surface area contributed by atoms with E-state index in [2.05, 4.69) is 38.1 Å². The molecule has 0 aromatic heterocycles. The molecule has 0 unspecified atom stereocenters. The van der Waals surface area contributed by atoms with E-state index >= 15 is 0 Å². The van der Waals surface area contributed by atoms with Crippen LogP contribution in [0.5, 0.6) is 0 Å². The van der Waals surface area contributed by atoms with Crippen molar-refractivity contribution in [3.8, 4) is 0 Å². The van der Waals surface area contributed by atoms with Crippen molar-refractivity contribution in [2.24, 2.45) is 0 Å². The van der Waals surface area contributed by atoms with E-state index in [1.807, 2.05) is 0 Å².